The van der Waals surface area contributed by atoms with Crippen molar-refractivity contribution in [3.63, 3.8) is 0 Å². The van der Waals surface area contributed by atoms with Gasteiger partial charge in [-0.15, -0.1) is 0 Å². The lowest BCUT2D eigenvalue weighted by Gasteiger charge is -2.17. The van der Waals surface area contributed by atoms with Gasteiger partial charge in [-0.3, -0.25) is 9.58 Å². The van der Waals surface area contributed by atoms with Crippen LogP contribution in [0.1, 0.15) is 23.0 Å². The van der Waals surface area contributed by atoms with E-state index in [1.54, 1.807) is 0 Å². The Morgan fingerprint density at radius 3 is 2.67 bits per heavy atom. The van der Waals surface area contributed by atoms with Gasteiger partial charge in [-0.05, 0) is 6.42 Å². The third kappa shape index (κ3) is 2.85. The fourth-order valence-electron chi connectivity index (χ4n) is 3.42. The molecule has 24 heavy (non-hydrogen) atoms. The van der Waals surface area contributed by atoms with Crippen molar-refractivity contribution >= 4 is 0 Å². The highest BCUT2D eigenvalue weighted by Gasteiger charge is 2.22. The van der Waals surface area contributed by atoms with Crippen LogP contribution in [0, 0.1) is 6.92 Å². The predicted octanol–water partition coefficient (Wildman–Crippen LogP) is 2.38. The lowest BCUT2D eigenvalue weighted by molar-refractivity contribution is 0.265. The zero-order chi connectivity index (χ0) is 16.5. The van der Waals surface area contributed by atoms with Crippen LogP contribution in [-0.4, -0.2) is 37.9 Å². The van der Waals surface area contributed by atoms with Crippen LogP contribution in [-0.2, 0) is 26.4 Å². The minimum atomic E-state index is 0.624. The van der Waals surface area contributed by atoms with Gasteiger partial charge in [0, 0.05) is 50.3 Å². The summed E-state index contributed by atoms with van der Waals surface area (Å²) in [5, 5.41) is 8.79. The maximum absolute atomic E-state index is 5.08. The Balaban J connectivity index is 1.57. The van der Waals surface area contributed by atoms with Gasteiger partial charge in [0.15, 0.2) is 5.82 Å². The Morgan fingerprint density at radius 1 is 1.12 bits per heavy atom. The summed E-state index contributed by atoms with van der Waals surface area (Å²) in [6, 6.07) is 10.4. The Bertz CT molecular complexity index is 836. The highest BCUT2D eigenvalue weighted by Crippen LogP contribution is 2.28. The summed E-state index contributed by atoms with van der Waals surface area (Å²) in [6.07, 6.45) is 1.98. The second-order valence-electron chi connectivity index (χ2n) is 6.27. The molecule has 0 radical (unpaired) electrons. The molecule has 1 aromatic carbocycles. The molecule has 2 aromatic heterocycles. The highest BCUT2D eigenvalue weighted by atomic mass is 16.5. The van der Waals surface area contributed by atoms with E-state index in [0.29, 0.717) is 5.89 Å². The van der Waals surface area contributed by atoms with Crippen LogP contribution in [0.2, 0.25) is 0 Å². The summed E-state index contributed by atoms with van der Waals surface area (Å²) in [7, 11) is 2.05. The summed E-state index contributed by atoms with van der Waals surface area (Å²) >= 11 is 0. The lowest BCUT2D eigenvalue weighted by Crippen LogP contribution is -2.26. The molecule has 0 saturated carbocycles. The maximum atomic E-state index is 5.08. The summed E-state index contributed by atoms with van der Waals surface area (Å²) in [5.74, 6) is 1.39. The van der Waals surface area contributed by atoms with Crippen molar-refractivity contribution < 1.29 is 4.52 Å². The van der Waals surface area contributed by atoms with Crippen LogP contribution >= 0.6 is 0 Å². The number of aromatic nitrogens is 4. The fourth-order valence-corrected chi connectivity index (χ4v) is 3.42. The molecule has 1 aliphatic rings. The van der Waals surface area contributed by atoms with Crippen molar-refractivity contribution in [1.82, 2.24) is 24.8 Å². The normalized spacial score (nSPS) is 15.2. The molecule has 3 heterocycles. The van der Waals surface area contributed by atoms with Crippen LogP contribution in [0.5, 0.6) is 0 Å². The number of nitrogens with zero attached hydrogens (tertiary/aromatic N) is 5. The van der Waals surface area contributed by atoms with Crippen molar-refractivity contribution in [3.05, 3.63) is 53.3 Å². The molecule has 6 nitrogen and oxygen atoms in total. The smallest absolute Gasteiger partial charge is 0.223 e. The Morgan fingerprint density at radius 2 is 1.92 bits per heavy atom. The van der Waals surface area contributed by atoms with Gasteiger partial charge in [0.25, 0.3) is 0 Å². The van der Waals surface area contributed by atoms with Gasteiger partial charge in [-0.2, -0.15) is 10.1 Å². The topological polar surface area (TPSA) is 60.0 Å². The van der Waals surface area contributed by atoms with Crippen molar-refractivity contribution in [1.29, 1.82) is 0 Å². The van der Waals surface area contributed by atoms with Gasteiger partial charge in [0.1, 0.15) is 0 Å². The van der Waals surface area contributed by atoms with Crippen molar-refractivity contribution in [2.75, 3.05) is 13.1 Å². The quantitative estimate of drug-likeness (QED) is 0.740. The minimum absolute atomic E-state index is 0.624. The van der Waals surface area contributed by atoms with E-state index in [1.807, 2.05) is 24.7 Å². The van der Waals surface area contributed by atoms with E-state index in [1.165, 1.54) is 16.8 Å². The first-order valence-electron chi connectivity index (χ1n) is 8.32. The standard InChI is InChI=1S/C18H21N5O/c1-13-19-17(21-24-13)12-23-10-8-15-16(9-11-23)22(2)20-18(15)14-6-4-3-5-7-14/h3-7H,8-12H2,1-2H3. The van der Waals surface area contributed by atoms with Crippen molar-refractivity contribution in [3.8, 4) is 11.3 Å². The molecule has 3 aromatic rings. The number of aryl methyl sites for hydroxylation is 2. The van der Waals surface area contributed by atoms with E-state index in [-0.39, 0.29) is 0 Å². The zero-order valence-corrected chi connectivity index (χ0v) is 14.1. The monoisotopic (exact) mass is 323 g/mol. The number of rotatable bonds is 3. The highest BCUT2D eigenvalue weighted by molar-refractivity contribution is 5.64. The van der Waals surface area contributed by atoms with Gasteiger partial charge >= 0.3 is 0 Å². The first-order chi connectivity index (χ1) is 11.7. The second kappa shape index (κ2) is 6.20. The summed E-state index contributed by atoms with van der Waals surface area (Å²) in [5.41, 5.74) is 5.01. The van der Waals surface area contributed by atoms with Crippen LogP contribution in [0.25, 0.3) is 11.3 Å². The van der Waals surface area contributed by atoms with Crippen molar-refractivity contribution in [2.45, 2.75) is 26.3 Å². The van der Waals surface area contributed by atoms with E-state index in [4.69, 9.17) is 9.62 Å². The molecule has 0 N–H and O–H groups in total. The second-order valence-corrected chi connectivity index (χ2v) is 6.27. The molecule has 0 saturated heterocycles. The van der Waals surface area contributed by atoms with Gasteiger partial charge in [-0.25, -0.2) is 0 Å². The van der Waals surface area contributed by atoms with Crippen LogP contribution < -0.4 is 0 Å². The molecule has 0 amide bonds. The lowest BCUT2D eigenvalue weighted by atomic mass is 10.0. The molecule has 0 fully saturated rings. The molecular weight excluding hydrogens is 302 g/mol. The molecule has 0 aliphatic carbocycles. The Kier molecular flexibility index (Phi) is 3.90. The van der Waals surface area contributed by atoms with Gasteiger partial charge < -0.3 is 4.52 Å². The largest absolute Gasteiger partial charge is 0.340 e. The van der Waals surface area contributed by atoms with Crippen LogP contribution in [0.15, 0.2) is 34.9 Å². The minimum Gasteiger partial charge on any atom is -0.340 e. The Hall–Kier alpha value is -2.47. The average molecular weight is 323 g/mol. The first-order valence-corrected chi connectivity index (χ1v) is 8.32. The number of fused-ring (bicyclic) bond motifs is 1. The molecule has 0 atom stereocenters. The maximum Gasteiger partial charge on any atom is 0.223 e. The summed E-state index contributed by atoms with van der Waals surface area (Å²) < 4.78 is 7.12. The zero-order valence-electron chi connectivity index (χ0n) is 14.1. The molecular formula is C18H21N5O. The first kappa shape index (κ1) is 15.1. The predicted molar refractivity (Wildman–Crippen MR) is 90.4 cm³/mol. The third-order valence-corrected chi connectivity index (χ3v) is 4.60. The SMILES string of the molecule is Cc1nc(CN2CCc3c(-c4ccccc4)nn(C)c3CC2)no1. The average Bonchev–Trinajstić information content (AvgIpc) is 3.06. The van der Waals surface area contributed by atoms with Crippen molar-refractivity contribution in [2.24, 2.45) is 7.05 Å². The molecule has 4 rings (SSSR count). The molecule has 6 heteroatoms. The van der Waals surface area contributed by atoms with Gasteiger partial charge in [-0.1, -0.05) is 35.5 Å². The Labute approximate surface area is 141 Å². The van der Waals surface area contributed by atoms with Crippen LogP contribution in [0.4, 0.5) is 0 Å². The molecule has 0 unspecified atom stereocenters. The van der Waals surface area contributed by atoms with Crippen LogP contribution in [0.3, 0.4) is 0 Å². The number of benzene rings is 1. The van der Waals surface area contributed by atoms with E-state index in [2.05, 4.69) is 39.3 Å². The number of hydrogen-bond acceptors (Lipinski definition) is 5. The van der Waals surface area contributed by atoms with E-state index < -0.39 is 0 Å². The summed E-state index contributed by atoms with van der Waals surface area (Å²) in [6.45, 7) is 4.52. The third-order valence-electron chi connectivity index (χ3n) is 4.60. The number of hydrogen-bond donors (Lipinski definition) is 0. The summed E-state index contributed by atoms with van der Waals surface area (Å²) in [4.78, 5) is 6.71. The molecule has 0 spiro atoms. The fraction of sp³-hybridized carbons (Fsp3) is 0.389. The van der Waals surface area contributed by atoms with E-state index in [0.717, 1.165) is 44.0 Å². The van der Waals surface area contributed by atoms with E-state index in [9.17, 15) is 0 Å². The van der Waals surface area contributed by atoms with Gasteiger partial charge in [0.05, 0.1) is 12.2 Å². The molecule has 0 bridgehead atoms. The van der Waals surface area contributed by atoms with Gasteiger partial charge in [0.2, 0.25) is 5.89 Å². The molecule has 124 valence electrons. The molecule has 1 aliphatic heterocycles. The van der Waals surface area contributed by atoms with E-state index >= 15 is 0 Å².